The van der Waals surface area contributed by atoms with Crippen LogP contribution < -0.4 is 10.6 Å². The van der Waals surface area contributed by atoms with Gasteiger partial charge in [-0.3, -0.25) is 9.59 Å². The quantitative estimate of drug-likeness (QED) is 0.819. The van der Waals surface area contributed by atoms with E-state index >= 15 is 0 Å². The van der Waals surface area contributed by atoms with E-state index in [-0.39, 0.29) is 30.5 Å². The van der Waals surface area contributed by atoms with Crippen LogP contribution in [-0.2, 0) is 11.0 Å². The highest BCUT2D eigenvalue weighted by molar-refractivity contribution is 5.94. The number of nitrogens with one attached hydrogen (secondary N) is 2. The second-order valence-electron chi connectivity index (χ2n) is 4.78. The molecular weight excluding hydrogens is 285 g/mol. The molecule has 7 heteroatoms. The summed E-state index contributed by atoms with van der Waals surface area (Å²) in [5.74, 6) is -0.924. The molecule has 0 radical (unpaired) electrons. The summed E-state index contributed by atoms with van der Waals surface area (Å²) in [6.45, 7) is 3.84. The molecule has 0 unspecified atom stereocenters. The maximum absolute atomic E-state index is 12.5. The van der Waals surface area contributed by atoms with Crippen LogP contribution in [0.4, 0.5) is 13.2 Å². The van der Waals surface area contributed by atoms with E-state index in [1.165, 1.54) is 12.1 Å². The lowest BCUT2D eigenvalue weighted by Gasteiger charge is -2.10. The molecule has 2 N–H and O–H groups in total. The molecule has 0 spiro atoms. The van der Waals surface area contributed by atoms with Crippen molar-refractivity contribution < 1.29 is 22.8 Å². The van der Waals surface area contributed by atoms with Gasteiger partial charge in [-0.1, -0.05) is 19.9 Å². The molecule has 0 aliphatic heterocycles. The molecule has 0 bridgehead atoms. The van der Waals surface area contributed by atoms with Gasteiger partial charge in [-0.2, -0.15) is 13.2 Å². The van der Waals surface area contributed by atoms with Gasteiger partial charge in [0.25, 0.3) is 5.91 Å². The third-order valence-electron chi connectivity index (χ3n) is 2.69. The van der Waals surface area contributed by atoms with Crippen LogP contribution in [0.15, 0.2) is 24.3 Å². The Kier molecular flexibility index (Phi) is 5.75. The summed E-state index contributed by atoms with van der Waals surface area (Å²) in [5, 5.41) is 5.04. The largest absolute Gasteiger partial charge is 0.416 e. The number of halogens is 3. The lowest BCUT2D eigenvalue weighted by atomic mass is 10.1. The van der Waals surface area contributed by atoms with Crippen molar-refractivity contribution in [2.75, 3.05) is 13.1 Å². The number of benzene rings is 1. The number of alkyl halides is 3. The number of amides is 2. The van der Waals surface area contributed by atoms with Crippen molar-refractivity contribution in [3.8, 4) is 0 Å². The van der Waals surface area contributed by atoms with E-state index in [0.717, 1.165) is 12.1 Å². The number of hydrogen-bond acceptors (Lipinski definition) is 2. The van der Waals surface area contributed by atoms with Crippen LogP contribution in [0.25, 0.3) is 0 Å². The highest BCUT2D eigenvalue weighted by atomic mass is 19.4. The fourth-order valence-electron chi connectivity index (χ4n) is 1.50. The predicted molar refractivity (Wildman–Crippen MR) is 71.6 cm³/mol. The van der Waals surface area contributed by atoms with Crippen molar-refractivity contribution in [2.24, 2.45) is 5.92 Å². The Hall–Kier alpha value is -2.05. The van der Waals surface area contributed by atoms with E-state index in [9.17, 15) is 22.8 Å². The Balaban J connectivity index is 2.51. The summed E-state index contributed by atoms with van der Waals surface area (Å²) < 4.78 is 37.6. The second kappa shape index (κ2) is 7.10. The number of carbonyl (C=O) groups is 2. The van der Waals surface area contributed by atoms with Gasteiger partial charge < -0.3 is 10.6 Å². The Morgan fingerprint density at radius 1 is 1.14 bits per heavy atom. The fourth-order valence-corrected chi connectivity index (χ4v) is 1.50. The SMILES string of the molecule is CC(C)C(=O)NCCNC(=O)c1cccc(C(F)(F)F)c1. The van der Waals surface area contributed by atoms with Gasteiger partial charge in [-0.15, -0.1) is 0 Å². The standard InChI is InChI=1S/C14H17F3N2O2/c1-9(2)12(20)18-6-7-19-13(21)10-4-3-5-11(8-10)14(15,16)17/h3-5,8-9H,6-7H2,1-2H3,(H,18,20)(H,19,21). The van der Waals surface area contributed by atoms with Crippen molar-refractivity contribution in [3.05, 3.63) is 35.4 Å². The van der Waals surface area contributed by atoms with E-state index in [2.05, 4.69) is 10.6 Å². The van der Waals surface area contributed by atoms with E-state index in [0.29, 0.717) is 0 Å². The van der Waals surface area contributed by atoms with Crippen LogP contribution in [0.3, 0.4) is 0 Å². The van der Waals surface area contributed by atoms with Crippen molar-refractivity contribution in [2.45, 2.75) is 20.0 Å². The van der Waals surface area contributed by atoms with Crippen LogP contribution in [0.2, 0.25) is 0 Å². The average molecular weight is 302 g/mol. The first-order valence-electron chi connectivity index (χ1n) is 6.45. The predicted octanol–water partition coefficient (Wildman–Crippen LogP) is 2.21. The Morgan fingerprint density at radius 3 is 2.33 bits per heavy atom. The van der Waals surface area contributed by atoms with Crippen molar-refractivity contribution in [3.63, 3.8) is 0 Å². The molecule has 4 nitrogen and oxygen atoms in total. The maximum Gasteiger partial charge on any atom is 0.416 e. The first kappa shape index (κ1) is 17.0. The highest BCUT2D eigenvalue weighted by Crippen LogP contribution is 2.29. The molecule has 0 heterocycles. The van der Waals surface area contributed by atoms with Crippen molar-refractivity contribution >= 4 is 11.8 Å². The van der Waals surface area contributed by atoms with Crippen LogP contribution in [0.5, 0.6) is 0 Å². The molecule has 0 aliphatic carbocycles. The van der Waals surface area contributed by atoms with Gasteiger partial charge in [-0.05, 0) is 18.2 Å². The summed E-state index contributed by atoms with van der Waals surface area (Å²) >= 11 is 0. The maximum atomic E-state index is 12.5. The molecule has 0 atom stereocenters. The van der Waals surface area contributed by atoms with Crippen LogP contribution >= 0.6 is 0 Å². The molecule has 0 aliphatic rings. The van der Waals surface area contributed by atoms with Gasteiger partial charge in [0.15, 0.2) is 0 Å². The summed E-state index contributed by atoms with van der Waals surface area (Å²) in [6.07, 6.45) is -4.48. The summed E-state index contributed by atoms with van der Waals surface area (Å²) in [5.41, 5.74) is -0.941. The molecule has 116 valence electrons. The van der Waals surface area contributed by atoms with Crippen molar-refractivity contribution in [1.82, 2.24) is 10.6 Å². The lowest BCUT2D eigenvalue weighted by Crippen LogP contribution is -2.36. The monoisotopic (exact) mass is 302 g/mol. The number of rotatable bonds is 5. The molecule has 1 aromatic carbocycles. The fraction of sp³-hybridized carbons (Fsp3) is 0.429. The smallest absolute Gasteiger partial charge is 0.354 e. The Labute approximate surface area is 120 Å². The minimum absolute atomic E-state index is 0.0694. The second-order valence-corrected chi connectivity index (χ2v) is 4.78. The molecule has 0 aromatic heterocycles. The van der Waals surface area contributed by atoms with Gasteiger partial charge in [0.1, 0.15) is 0 Å². The highest BCUT2D eigenvalue weighted by Gasteiger charge is 2.30. The molecule has 2 amide bonds. The Morgan fingerprint density at radius 2 is 1.76 bits per heavy atom. The molecule has 0 saturated heterocycles. The molecule has 1 aromatic rings. The number of carbonyl (C=O) groups excluding carboxylic acids is 2. The van der Waals surface area contributed by atoms with Crippen molar-refractivity contribution in [1.29, 1.82) is 0 Å². The molecular formula is C14H17F3N2O2. The zero-order valence-electron chi connectivity index (χ0n) is 11.8. The minimum Gasteiger partial charge on any atom is -0.354 e. The zero-order chi connectivity index (χ0) is 16.0. The van der Waals surface area contributed by atoms with E-state index < -0.39 is 17.6 Å². The summed E-state index contributed by atoms with van der Waals surface area (Å²) in [6, 6.07) is 4.18. The topological polar surface area (TPSA) is 58.2 Å². The van der Waals surface area contributed by atoms with Gasteiger partial charge in [0.2, 0.25) is 5.91 Å². The lowest BCUT2D eigenvalue weighted by molar-refractivity contribution is -0.137. The van der Waals surface area contributed by atoms with Crippen LogP contribution in [0, 0.1) is 5.92 Å². The Bertz CT molecular complexity index is 513. The van der Waals surface area contributed by atoms with Gasteiger partial charge in [0, 0.05) is 24.6 Å². The number of hydrogen-bond donors (Lipinski definition) is 2. The zero-order valence-corrected chi connectivity index (χ0v) is 11.8. The minimum atomic E-state index is -4.48. The molecule has 0 saturated carbocycles. The third kappa shape index (κ3) is 5.45. The van der Waals surface area contributed by atoms with Crippen LogP contribution in [-0.4, -0.2) is 24.9 Å². The van der Waals surface area contributed by atoms with Crippen LogP contribution in [0.1, 0.15) is 29.8 Å². The third-order valence-corrected chi connectivity index (χ3v) is 2.69. The normalized spacial score (nSPS) is 11.3. The van der Waals surface area contributed by atoms with E-state index in [4.69, 9.17) is 0 Å². The van der Waals surface area contributed by atoms with E-state index in [1.54, 1.807) is 13.8 Å². The first-order valence-corrected chi connectivity index (χ1v) is 6.45. The molecule has 1 rings (SSSR count). The molecule has 0 fully saturated rings. The average Bonchev–Trinajstić information content (AvgIpc) is 2.42. The van der Waals surface area contributed by atoms with E-state index in [1.807, 2.05) is 0 Å². The van der Waals surface area contributed by atoms with Gasteiger partial charge in [-0.25, -0.2) is 0 Å². The molecule has 21 heavy (non-hydrogen) atoms. The summed E-state index contributed by atoms with van der Waals surface area (Å²) in [4.78, 5) is 23.0. The summed E-state index contributed by atoms with van der Waals surface area (Å²) in [7, 11) is 0. The van der Waals surface area contributed by atoms with Gasteiger partial charge >= 0.3 is 6.18 Å². The first-order chi connectivity index (χ1) is 9.71. The van der Waals surface area contributed by atoms with Gasteiger partial charge in [0.05, 0.1) is 5.56 Å².